The summed E-state index contributed by atoms with van der Waals surface area (Å²) in [6.45, 7) is 3.15. The fourth-order valence-corrected chi connectivity index (χ4v) is 4.24. The van der Waals surface area contributed by atoms with Gasteiger partial charge >= 0.3 is 0 Å². The Kier molecular flexibility index (Phi) is 5.48. The second kappa shape index (κ2) is 8.01. The highest BCUT2D eigenvalue weighted by molar-refractivity contribution is 5.55. The van der Waals surface area contributed by atoms with Crippen LogP contribution in [-0.4, -0.2) is 35.6 Å². The molecule has 4 heteroatoms. The molecule has 0 bridgehead atoms. The summed E-state index contributed by atoms with van der Waals surface area (Å²) in [6.07, 6.45) is 3.48. The third-order valence-electron chi connectivity index (χ3n) is 5.83. The smallest absolute Gasteiger partial charge is 0.0854 e. The first-order valence-corrected chi connectivity index (χ1v) is 10.0. The van der Waals surface area contributed by atoms with Crippen LogP contribution in [0.5, 0.6) is 0 Å². The molecule has 0 spiro atoms. The molecule has 0 saturated carbocycles. The van der Waals surface area contributed by atoms with Gasteiger partial charge in [-0.05, 0) is 60.1 Å². The van der Waals surface area contributed by atoms with E-state index in [9.17, 15) is 10.2 Å². The Morgan fingerprint density at radius 2 is 2.04 bits per heavy atom. The van der Waals surface area contributed by atoms with E-state index in [1.54, 1.807) is 0 Å². The van der Waals surface area contributed by atoms with E-state index in [0.717, 1.165) is 24.9 Å². The molecule has 1 saturated heterocycles. The summed E-state index contributed by atoms with van der Waals surface area (Å²) in [5.74, 6) is 0. The molecule has 4 rings (SSSR count). The number of ether oxygens (including phenoxy) is 1. The highest BCUT2D eigenvalue weighted by Crippen LogP contribution is 2.33. The van der Waals surface area contributed by atoms with Gasteiger partial charge in [0.15, 0.2) is 0 Å². The van der Waals surface area contributed by atoms with E-state index in [1.165, 1.54) is 34.4 Å². The standard InChI is InChI=1S/C23H29NO3/c1-15-4-6-18(23-13-20(26)12-21(14-25)27-23)11-19(15)9-16-5-7-17-3-2-8-24-22(17)10-16/h4-7,10-11,20-21,23-26H,2-3,8-9,12-14H2,1H3. The van der Waals surface area contributed by atoms with Gasteiger partial charge in [-0.25, -0.2) is 0 Å². The van der Waals surface area contributed by atoms with Gasteiger partial charge in [-0.3, -0.25) is 0 Å². The first-order chi connectivity index (χ1) is 13.1. The lowest BCUT2D eigenvalue weighted by molar-refractivity contribution is -0.113. The summed E-state index contributed by atoms with van der Waals surface area (Å²) in [6, 6.07) is 13.2. The second-order valence-corrected chi connectivity index (χ2v) is 7.94. The molecule has 0 aromatic heterocycles. The van der Waals surface area contributed by atoms with Crippen LogP contribution in [0, 0.1) is 6.92 Å². The van der Waals surface area contributed by atoms with E-state index in [1.807, 2.05) is 0 Å². The third kappa shape index (κ3) is 4.18. The van der Waals surface area contributed by atoms with E-state index in [-0.39, 0.29) is 18.8 Å². The lowest BCUT2D eigenvalue weighted by Gasteiger charge is -2.32. The van der Waals surface area contributed by atoms with Crippen LogP contribution in [0.2, 0.25) is 0 Å². The van der Waals surface area contributed by atoms with Crippen LogP contribution in [0.15, 0.2) is 36.4 Å². The number of hydrogen-bond acceptors (Lipinski definition) is 4. The van der Waals surface area contributed by atoms with Crippen molar-refractivity contribution in [2.24, 2.45) is 0 Å². The predicted octanol–water partition coefficient (Wildman–Crippen LogP) is 3.52. The Hall–Kier alpha value is -1.88. The molecule has 3 atom stereocenters. The van der Waals surface area contributed by atoms with Crippen molar-refractivity contribution in [3.05, 3.63) is 64.2 Å². The van der Waals surface area contributed by atoms with Gasteiger partial charge < -0.3 is 20.3 Å². The molecule has 2 heterocycles. The molecule has 3 unspecified atom stereocenters. The molecule has 0 aliphatic carbocycles. The van der Waals surface area contributed by atoms with Crippen LogP contribution in [-0.2, 0) is 17.6 Å². The summed E-state index contributed by atoms with van der Waals surface area (Å²) < 4.78 is 5.99. The molecule has 4 nitrogen and oxygen atoms in total. The molecule has 3 N–H and O–H groups in total. The van der Waals surface area contributed by atoms with E-state index in [2.05, 4.69) is 48.6 Å². The highest BCUT2D eigenvalue weighted by atomic mass is 16.5. The number of benzene rings is 2. The number of aliphatic hydroxyl groups excluding tert-OH is 2. The first-order valence-electron chi connectivity index (χ1n) is 10.0. The zero-order valence-corrected chi connectivity index (χ0v) is 15.9. The van der Waals surface area contributed by atoms with Gasteiger partial charge in [-0.15, -0.1) is 0 Å². The number of aryl methyl sites for hydroxylation is 2. The van der Waals surface area contributed by atoms with Gasteiger partial charge in [-0.2, -0.15) is 0 Å². The van der Waals surface area contributed by atoms with Crippen molar-refractivity contribution in [3.63, 3.8) is 0 Å². The summed E-state index contributed by atoms with van der Waals surface area (Å²) in [4.78, 5) is 0. The van der Waals surface area contributed by atoms with Crippen LogP contribution >= 0.6 is 0 Å². The van der Waals surface area contributed by atoms with Gasteiger partial charge in [0.2, 0.25) is 0 Å². The first kappa shape index (κ1) is 18.5. The van der Waals surface area contributed by atoms with Gasteiger partial charge in [0.05, 0.1) is 24.9 Å². The molecule has 144 valence electrons. The SMILES string of the molecule is Cc1ccc(C2CC(O)CC(CO)O2)cc1Cc1ccc2c(c1)NCCC2. The lowest BCUT2D eigenvalue weighted by Crippen LogP contribution is -2.33. The minimum atomic E-state index is -0.419. The van der Waals surface area contributed by atoms with Gasteiger partial charge in [-0.1, -0.05) is 30.3 Å². The van der Waals surface area contributed by atoms with Crippen molar-refractivity contribution >= 4 is 5.69 Å². The van der Waals surface area contributed by atoms with Crippen molar-refractivity contribution in [1.82, 2.24) is 0 Å². The van der Waals surface area contributed by atoms with Crippen molar-refractivity contribution < 1.29 is 14.9 Å². The summed E-state index contributed by atoms with van der Waals surface area (Å²) in [7, 11) is 0. The van der Waals surface area contributed by atoms with E-state index in [4.69, 9.17) is 4.74 Å². The predicted molar refractivity (Wildman–Crippen MR) is 107 cm³/mol. The number of hydrogen-bond donors (Lipinski definition) is 3. The maximum Gasteiger partial charge on any atom is 0.0854 e. The fourth-order valence-electron chi connectivity index (χ4n) is 4.24. The lowest BCUT2D eigenvalue weighted by atomic mass is 9.91. The average molecular weight is 367 g/mol. The number of fused-ring (bicyclic) bond motifs is 1. The number of anilines is 1. The number of nitrogens with one attached hydrogen (secondary N) is 1. The van der Waals surface area contributed by atoms with Crippen LogP contribution in [0.3, 0.4) is 0 Å². The molecule has 2 aliphatic heterocycles. The van der Waals surface area contributed by atoms with Gasteiger partial charge in [0, 0.05) is 25.1 Å². The van der Waals surface area contributed by atoms with Crippen molar-refractivity contribution in [2.45, 2.75) is 57.3 Å². The van der Waals surface area contributed by atoms with Crippen LogP contribution < -0.4 is 5.32 Å². The van der Waals surface area contributed by atoms with Crippen molar-refractivity contribution in [2.75, 3.05) is 18.5 Å². The zero-order valence-electron chi connectivity index (χ0n) is 15.9. The maximum absolute atomic E-state index is 10.1. The van der Waals surface area contributed by atoms with E-state index in [0.29, 0.717) is 12.8 Å². The molecule has 1 fully saturated rings. The minimum absolute atomic E-state index is 0.0472. The molecule has 0 radical (unpaired) electrons. The summed E-state index contributed by atoms with van der Waals surface area (Å²) in [5.41, 5.74) is 7.63. The molecular formula is C23H29NO3. The fraction of sp³-hybridized carbons (Fsp3) is 0.478. The maximum atomic E-state index is 10.1. The topological polar surface area (TPSA) is 61.7 Å². The van der Waals surface area contributed by atoms with Crippen LogP contribution in [0.1, 0.15) is 53.2 Å². The Morgan fingerprint density at radius 3 is 2.89 bits per heavy atom. The van der Waals surface area contributed by atoms with Gasteiger partial charge in [0.25, 0.3) is 0 Å². The van der Waals surface area contributed by atoms with Gasteiger partial charge in [0.1, 0.15) is 0 Å². The van der Waals surface area contributed by atoms with E-state index < -0.39 is 6.10 Å². The minimum Gasteiger partial charge on any atom is -0.394 e. The Balaban J connectivity index is 1.56. The second-order valence-electron chi connectivity index (χ2n) is 7.94. The van der Waals surface area contributed by atoms with E-state index >= 15 is 0 Å². The molecular weight excluding hydrogens is 338 g/mol. The Morgan fingerprint density at radius 1 is 1.15 bits per heavy atom. The number of aliphatic hydroxyl groups is 2. The monoisotopic (exact) mass is 367 g/mol. The summed E-state index contributed by atoms with van der Waals surface area (Å²) in [5, 5.41) is 23.0. The summed E-state index contributed by atoms with van der Waals surface area (Å²) >= 11 is 0. The highest BCUT2D eigenvalue weighted by Gasteiger charge is 2.29. The third-order valence-corrected chi connectivity index (χ3v) is 5.83. The average Bonchev–Trinajstić information content (AvgIpc) is 2.69. The normalized spacial score (nSPS) is 24.9. The van der Waals surface area contributed by atoms with Crippen molar-refractivity contribution in [1.29, 1.82) is 0 Å². The molecule has 0 amide bonds. The largest absolute Gasteiger partial charge is 0.394 e. The van der Waals surface area contributed by atoms with Crippen molar-refractivity contribution in [3.8, 4) is 0 Å². The molecule has 2 aromatic rings. The Bertz CT molecular complexity index is 804. The van der Waals surface area contributed by atoms with Crippen LogP contribution in [0.4, 0.5) is 5.69 Å². The molecule has 27 heavy (non-hydrogen) atoms. The Labute approximate surface area is 161 Å². The zero-order chi connectivity index (χ0) is 18.8. The molecule has 2 aliphatic rings. The van der Waals surface area contributed by atoms with Crippen LogP contribution in [0.25, 0.3) is 0 Å². The molecule has 2 aromatic carbocycles. The number of rotatable bonds is 4. The quantitative estimate of drug-likeness (QED) is 0.774.